The van der Waals surface area contributed by atoms with Crippen LogP contribution in [0, 0.1) is 6.92 Å². The minimum atomic E-state index is -0.345. The van der Waals surface area contributed by atoms with Gasteiger partial charge in [-0.2, -0.15) is 5.10 Å². The number of ether oxygens (including phenoxy) is 1. The molecule has 0 aliphatic rings. The molecule has 0 atom stereocenters. The molecule has 0 saturated heterocycles. The normalized spacial score (nSPS) is 10.3. The Hall–Kier alpha value is -1.62. The fourth-order valence-electron chi connectivity index (χ4n) is 1.48. The van der Waals surface area contributed by atoms with Crippen LogP contribution >= 0.6 is 0 Å². The van der Waals surface area contributed by atoms with E-state index in [1.54, 1.807) is 11.6 Å². The van der Waals surface area contributed by atoms with Gasteiger partial charge in [-0.05, 0) is 13.8 Å². The summed E-state index contributed by atoms with van der Waals surface area (Å²) in [5.41, 5.74) is 2.54. The maximum Gasteiger partial charge on any atom is 0.334 e. The Labute approximate surface area is 101 Å². The van der Waals surface area contributed by atoms with Crippen LogP contribution in [0.15, 0.2) is 18.3 Å². The topological polar surface area (TPSA) is 56.2 Å². The number of nitrogens with one attached hydrogen (secondary N) is 1. The summed E-state index contributed by atoms with van der Waals surface area (Å²) in [6.45, 7) is 8.87. The largest absolute Gasteiger partial charge is 0.463 e. The average Bonchev–Trinajstić information content (AvgIpc) is 2.57. The molecule has 17 heavy (non-hydrogen) atoms. The first-order chi connectivity index (χ1) is 8.04. The number of hydrogen-bond donors (Lipinski definition) is 1. The molecule has 0 aromatic carbocycles. The van der Waals surface area contributed by atoms with Crippen molar-refractivity contribution in [1.82, 2.24) is 15.1 Å². The van der Waals surface area contributed by atoms with Crippen LogP contribution in [0.5, 0.6) is 0 Å². The monoisotopic (exact) mass is 237 g/mol. The Morgan fingerprint density at radius 1 is 1.65 bits per heavy atom. The lowest BCUT2D eigenvalue weighted by Gasteiger charge is -2.06. The Kier molecular flexibility index (Phi) is 4.90. The number of esters is 1. The number of hydrogen-bond acceptors (Lipinski definition) is 4. The van der Waals surface area contributed by atoms with E-state index in [4.69, 9.17) is 4.74 Å². The number of carbonyl (C=O) groups is 1. The van der Waals surface area contributed by atoms with Crippen LogP contribution in [-0.2, 0) is 23.1 Å². The van der Waals surface area contributed by atoms with E-state index in [2.05, 4.69) is 17.0 Å². The lowest BCUT2D eigenvalue weighted by molar-refractivity contribution is -0.138. The summed E-state index contributed by atoms with van der Waals surface area (Å²) < 4.78 is 6.61. The van der Waals surface area contributed by atoms with E-state index in [0.717, 1.165) is 11.3 Å². The molecule has 1 rings (SSSR count). The maximum absolute atomic E-state index is 11.3. The number of carbonyl (C=O) groups excluding carboxylic acids is 1. The summed E-state index contributed by atoms with van der Waals surface area (Å²) in [5.74, 6) is -0.345. The van der Waals surface area contributed by atoms with Crippen LogP contribution < -0.4 is 5.32 Å². The third kappa shape index (κ3) is 4.03. The predicted octanol–water partition coefficient (Wildman–Crippen LogP) is 0.937. The molecule has 0 saturated carbocycles. The second-order valence-corrected chi connectivity index (χ2v) is 3.84. The van der Waals surface area contributed by atoms with Gasteiger partial charge in [-0.1, -0.05) is 6.58 Å². The molecule has 0 bridgehead atoms. The van der Waals surface area contributed by atoms with Gasteiger partial charge >= 0.3 is 5.97 Å². The quantitative estimate of drug-likeness (QED) is 0.591. The van der Waals surface area contributed by atoms with E-state index in [1.165, 1.54) is 0 Å². The van der Waals surface area contributed by atoms with Crippen LogP contribution in [0.3, 0.4) is 0 Å². The number of nitrogens with zero attached hydrogens (tertiary/aromatic N) is 2. The van der Waals surface area contributed by atoms with E-state index in [9.17, 15) is 4.79 Å². The van der Waals surface area contributed by atoms with E-state index in [0.29, 0.717) is 25.3 Å². The molecule has 1 aromatic heterocycles. The van der Waals surface area contributed by atoms with Gasteiger partial charge in [0.15, 0.2) is 0 Å². The SMILES string of the molecule is C=C(CNCc1cn(C)nc1C)C(=O)OCC. The van der Waals surface area contributed by atoms with Crippen molar-refractivity contribution in [3.8, 4) is 0 Å². The van der Waals surface area contributed by atoms with Crippen molar-refractivity contribution < 1.29 is 9.53 Å². The first-order valence-corrected chi connectivity index (χ1v) is 5.59. The highest BCUT2D eigenvalue weighted by Gasteiger charge is 2.08. The number of rotatable bonds is 6. The van der Waals surface area contributed by atoms with Crippen LogP contribution in [-0.4, -0.2) is 28.9 Å². The van der Waals surface area contributed by atoms with Crippen molar-refractivity contribution in [3.05, 3.63) is 29.6 Å². The Morgan fingerprint density at radius 3 is 2.88 bits per heavy atom. The Morgan fingerprint density at radius 2 is 2.35 bits per heavy atom. The molecule has 0 aliphatic carbocycles. The second kappa shape index (κ2) is 6.20. The zero-order valence-corrected chi connectivity index (χ0v) is 10.6. The molecule has 0 aliphatic heterocycles. The van der Waals surface area contributed by atoms with Crippen molar-refractivity contribution in [2.45, 2.75) is 20.4 Å². The smallest absolute Gasteiger partial charge is 0.334 e. The summed E-state index contributed by atoms with van der Waals surface area (Å²) in [5, 5.41) is 7.38. The minimum Gasteiger partial charge on any atom is -0.463 e. The van der Waals surface area contributed by atoms with E-state index < -0.39 is 0 Å². The third-order valence-corrected chi connectivity index (χ3v) is 2.33. The van der Waals surface area contributed by atoms with Crippen molar-refractivity contribution >= 4 is 5.97 Å². The van der Waals surface area contributed by atoms with E-state index >= 15 is 0 Å². The third-order valence-electron chi connectivity index (χ3n) is 2.33. The highest BCUT2D eigenvalue weighted by molar-refractivity contribution is 5.88. The first-order valence-electron chi connectivity index (χ1n) is 5.59. The lowest BCUT2D eigenvalue weighted by Crippen LogP contribution is -2.21. The van der Waals surface area contributed by atoms with Crippen LogP contribution in [0.25, 0.3) is 0 Å². The fourth-order valence-corrected chi connectivity index (χ4v) is 1.48. The number of aryl methyl sites for hydroxylation is 2. The Bertz CT molecular complexity index is 410. The fraction of sp³-hybridized carbons (Fsp3) is 0.500. The molecule has 0 fully saturated rings. The minimum absolute atomic E-state index is 0.345. The average molecular weight is 237 g/mol. The Balaban J connectivity index is 2.35. The van der Waals surface area contributed by atoms with Crippen molar-refractivity contribution in [2.24, 2.45) is 7.05 Å². The summed E-state index contributed by atoms with van der Waals surface area (Å²) >= 11 is 0. The number of aromatic nitrogens is 2. The lowest BCUT2D eigenvalue weighted by atomic mass is 10.2. The molecule has 94 valence electrons. The van der Waals surface area contributed by atoms with Gasteiger partial charge in [-0.25, -0.2) is 4.79 Å². The highest BCUT2D eigenvalue weighted by atomic mass is 16.5. The molecular formula is C12H19N3O2. The summed E-state index contributed by atoms with van der Waals surface area (Å²) in [6.07, 6.45) is 1.95. The molecule has 5 heteroatoms. The zero-order valence-electron chi connectivity index (χ0n) is 10.6. The standard InChI is InChI=1S/C12H19N3O2/c1-5-17-12(16)9(2)6-13-7-11-8-15(4)14-10(11)3/h8,13H,2,5-7H2,1,3-4H3. The van der Waals surface area contributed by atoms with E-state index in [-0.39, 0.29) is 5.97 Å². The molecule has 0 spiro atoms. The summed E-state index contributed by atoms with van der Waals surface area (Å²) in [4.78, 5) is 11.3. The van der Waals surface area contributed by atoms with Gasteiger partial charge in [-0.15, -0.1) is 0 Å². The van der Waals surface area contributed by atoms with Crippen molar-refractivity contribution in [3.63, 3.8) is 0 Å². The van der Waals surface area contributed by atoms with Gasteiger partial charge in [-0.3, -0.25) is 4.68 Å². The molecule has 5 nitrogen and oxygen atoms in total. The van der Waals surface area contributed by atoms with E-state index in [1.807, 2.05) is 20.2 Å². The predicted molar refractivity (Wildman–Crippen MR) is 65.4 cm³/mol. The molecule has 0 radical (unpaired) electrons. The van der Waals surface area contributed by atoms with Crippen LogP contribution in [0.4, 0.5) is 0 Å². The van der Waals surface area contributed by atoms with Gasteiger partial charge in [0.1, 0.15) is 0 Å². The molecule has 0 amide bonds. The maximum atomic E-state index is 11.3. The van der Waals surface area contributed by atoms with Gasteiger partial charge < -0.3 is 10.1 Å². The van der Waals surface area contributed by atoms with Crippen LogP contribution in [0.2, 0.25) is 0 Å². The molecular weight excluding hydrogens is 218 g/mol. The summed E-state index contributed by atoms with van der Waals surface area (Å²) in [7, 11) is 1.88. The van der Waals surface area contributed by atoms with Gasteiger partial charge in [0.2, 0.25) is 0 Å². The van der Waals surface area contributed by atoms with Gasteiger partial charge in [0, 0.05) is 37.5 Å². The molecule has 1 N–H and O–H groups in total. The summed E-state index contributed by atoms with van der Waals surface area (Å²) in [6, 6.07) is 0. The highest BCUT2D eigenvalue weighted by Crippen LogP contribution is 2.04. The second-order valence-electron chi connectivity index (χ2n) is 3.84. The molecule has 1 heterocycles. The molecule has 1 aromatic rings. The van der Waals surface area contributed by atoms with Crippen molar-refractivity contribution in [2.75, 3.05) is 13.2 Å². The van der Waals surface area contributed by atoms with Gasteiger partial charge in [0.25, 0.3) is 0 Å². The molecule has 0 unspecified atom stereocenters. The van der Waals surface area contributed by atoms with Crippen molar-refractivity contribution in [1.29, 1.82) is 0 Å². The van der Waals surface area contributed by atoms with Gasteiger partial charge in [0.05, 0.1) is 12.3 Å². The zero-order chi connectivity index (χ0) is 12.8. The van der Waals surface area contributed by atoms with Crippen LogP contribution in [0.1, 0.15) is 18.2 Å². The first kappa shape index (κ1) is 13.4.